The van der Waals surface area contributed by atoms with E-state index in [1.807, 2.05) is 0 Å². The van der Waals surface area contributed by atoms with Crippen LogP contribution < -0.4 is 27.4 Å². The molecule has 0 heterocycles. The molecular formula is C23H35N5O6. The molecule has 0 radical (unpaired) electrons. The van der Waals surface area contributed by atoms with Gasteiger partial charge in [0.25, 0.3) is 0 Å². The molecule has 0 fully saturated rings. The molecule has 1 aromatic carbocycles. The standard InChI is InChI=1S/C23H35N5O6/c1-14(29)20(25)21(15-8-6-5-7-9-15)28-18(31)13-26-17(30)12-27-22(33)16(24)10-11-19(32)34-23(2,3)4/h5-9,16,20-21H,10-13,24-25H2,1-4H3,(H,26,30)(H,27,33)(H,28,31)/t16?,20?,21-/m0/s1. The Balaban J connectivity index is 2.45. The molecule has 0 saturated carbocycles. The number of benzene rings is 1. The fourth-order valence-corrected chi connectivity index (χ4v) is 2.84. The van der Waals surface area contributed by atoms with Gasteiger partial charge in [-0.2, -0.15) is 0 Å². The Labute approximate surface area is 199 Å². The Morgan fingerprint density at radius 2 is 1.53 bits per heavy atom. The van der Waals surface area contributed by atoms with Gasteiger partial charge >= 0.3 is 5.97 Å². The molecule has 2 unspecified atom stereocenters. The van der Waals surface area contributed by atoms with Crippen LogP contribution >= 0.6 is 0 Å². The first-order chi connectivity index (χ1) is 15.8. The van der Waals surface area contributed by atoms with E-state index in [1.165, 1.54) is 6.92 Å². The minimum absolute atomic E-state index is 0.0385. The van der Waals surface area contributed by atoms with Crippen molar-refractivity contribution in [3.05, 3.63) is 35.9 Å². The molecule has 3 atom stereocenters. The van der Waals surface area contributed by atoms with Gasteiger partial charge in [0.2, 0.25) is 17.7 Å². The van der Waals surface area contributed by atoms with Gasteiger partial charge in [-0.15, -0.1) is 0 Å². The highest BCUT2D eigenvalue weighted by molar-refractivity contribution is 5.90. The molecule has 1 aromatic rings. The van der Waals surface area contributed by atoms with E-state index < -0.39 is 54.0 Å². The Morgan fingerprint density at radius 3 is 2.09 bits per heavy atom. The van der Waals surface area contributed by atoms with Gasteiger partial charge in [-0.25, -0.2) is 0 Å². The molecule has 11 heteroatoms. The van der Waals surface area contributed by atoms with Crippen molar-refractivity contribution < 1.29 is 28.7 Å². The maximum absolute atomic E-state index is 12.3. The molecule has 34 heavy (non-hydrogen) atoms. The van der Waals surface area contributed by atoms with Gasteiger partial charge in [0, 0.05) is 6.42 Å². The second-order valence-corrected chi connectivity index (χ2v) is 8.82. The van der Waals surface area contributed by atoms with Crippen molar-refractivity contribution in [1.82, 2.24) is 16.0 Å². The van der Waals surface area contributed by atoms with Gasteiger partial charge < -0.3 is 32.2 Å². The second kappa shape index (κ2) is 13.4. The van der Waals surface area contributed by atoms with Gasteiger partial charge in [-0.1, -0.05) is 30.3 Å². The summed E-state index contributed by atoms with van der Waals surface area (Å²) in [5.74, 6) is -2.56. The van der Waals surface area contributed by atoms with Crippen LogP contribution in [0.1, 0.15) is 52.1 Å². The lowest BCUT2D eigenvalue weighted by Crippen LogP contribution is -2.49. The van der Waals surface area contributed by atoms with Crippen LogP contribution in [0.4, 0.5) is 0 Å². The predicted molar refractivity (Wildman–Crippen MR) is 125 cm³/mol. The van der Waals surface area contributed by atoms with Crippen molar-refractivity contribution in [3.63, 3.8) is 0 Å². The van der Waals surface area contributed by atoms with Crippen LogP contribution in [-0.4, -0.2) is 60.2 Å². The highest BCUT2D eigenvalue weighted by atomic mass is 16.6. The molecule has 0 aliphatic carbocycles. The quantitative estimate of drug-likeness (QED) is 0.248. The number of nitrogens with two attached hydrogens (primary N) is 2. The second-order valence-electron chi connectivity index (χ2n) is 8.82. The highest BCUT2D eigenvalue weighted by Crippen LogP contribution is 2.16. The van der Waals surface area contributed by atoms with Gasteiger partial charge in [-0.05, 0) is 39.7 Å². The van der Waals surface area contributed by atoms with Gasteiger partial charge in [0.15, 0.2) is 0 Å². The topological polar surface area (TPSA) is 183 Å². The third-order valence-corrected chi connectivity index (χ3v) is 4.59. The summed E-state index contributed by atoms with van der Waals surface area (Å²) in [7, 11) is 0. The van der Waals surface area contributed by atoms with Crippen LogP contribution in [0.2, 0.25) is 0 Å². The van der Waals surface area contributed by atoms with Crippen LogP contribution in [-0.2, 0) is 28.7 Å². The van der Waals surface area contributed by atoms with E-state index in [-0.39, 0.29) is 25.2 Å². The first-order valence-corrected chi connectivity index (χ1v) is 10.9. The summed E-state index contributed by atoms with van der Waals surface area (Å²) in [6.07, 6.45) is 0.0191. The molecule has 0 spiro atoms. The Hall–Kier alpha value is -3.31. The number of carbonyl (C=O) groups is 5. The van der Waals surface area contributed by atoms with E-state index in [2.05, 4.69) is 16.0 Å². The largest absolute Gasteiger partial charge is 0.460 e. The summed E-state index contributed by atoms with van der Waals surface area (Å²) in [6, 6.07) is 6.05. The monoisotopic (exact) mass is 477 g/mol. The highest BCUT2D eigenvalue weighted by Gasteiger charge is 2.25. The average Bonchev–Trinajstić information content (AvgIpc) is 2.76. The van der Waals surface area contributed by atoms with Gasteiger partial charge in [0.1, 0.15) is 11.4 Å². The number of ketones is 1. The lowest BCUT2D eigenvalue weighted by molar-refractivity contribution is -0.155. The maximum atomic E-state index is 12.3. The molecule has 0 aliphatic heterocycles. The molecular weight excluding hydrogens is 442 g/mol. The summed E-state index contributed by atoms with van der Waals surface area (Å²) in [5.41, 5.74) is 11.7. The fraction of sp³-hybridized carbons (Fsp3) is 0.522. The molecule has 1 rings (SSSR count). The van der Waals surface area contributed by atoms with Crippen molar-refractivity contribution >= 4 is 29.5 Å². The average molecular weight is 478 g/mol. The van der Waals surface area contributed by atoms with Crippen molar-refractivity contribution in [2.45, 2.75) is 64.3 Å². The van der Waals surface area contributed by atoms with E-state index in [0.29, 0.717) is 5.56 Å². The first-order valence-electron chi connectivity index (χ1n) is 10.9. The number of ether oxygens (including phenoxy) is 1. The lowest BCUT2D eigenvalue weighted by atomic mass is 9.97. The van der Waals surface area contributed by atoms with Gasteiger partial charge in [-0.3, -0.25) is 24.0 Å². The van der Waals surface area contributed by atoms with Crippen LogP contribution in [0.3, 0.4) is 0 Å². The molecule has 11 nitrogen and oxygen atoms in total. The molecule has 3 amide bonds. The normalized spacial score (nSPS) is 13.7. The fourth-order valence-electron chi connectivity index (χ4n) is 2.84. The minimum atomic E-state index is -0.997. The first kappa shape index (κ1) is 28.7. The number of Topliss-reactive ketones (excluding diaryl/α,β-unsaturated/α-hetero) is 1. The van der Waals surface area contributed by atoms with Crippen LogP contribution in [0.5, 0.6) is 0 Å². The van der Waals surface area contributed by atoms with Gasteiger partial charge in [0.05, 0.1) is 31.2 Å². The Kier molecular flexibility index (Phi) is 11.3. The third kappa shape index (κ3) is 11.0. The summed E-state index contributed by atoms with van der Waals surface area (Å²) in [6.45, 7) is 5.74. The molecule has 0 saturated heterocycles. The molecule has 0 aliphatic rings. The zero-order valence-electron chi connectivity index (χ0n) is 20.1. The predicted octanol–water partition coefficient (Wildman–Crippen LogP) is -0.558. The van der Waals surface area contributed by atoms with Crippen LogP contribution in [0.15, 0.2) is 30.3 Å². The number of hydrogen-bond acceptors (Lipinski definition) is 8. The zero-order chi connectivity index (χ0) is 25.9. The number of rotatable bonds is 12. The number of hydrogen-bond donors (Lipinski definition) is 5. The van der Waals surface area contributed by atoms with Crippen LogP contribution in [0.25, 0.3) is 0 Å². The molecule has 0 aromatic heterocycles. The Morgan fingerprint density at radius 1 is 0.941 bits per heavy atom. The minimum Gasteiger partial charge on any atom is -0.460 e. The van der Waals surface area contributed by atoms with E-state index in [0.717, 1.165) is 0 Å². The van der Waals surface area contributed by atoms with E-state index in [9.17, 15) is 24.0 Å². The molecule has 7 N–H and O–H groups in total. The summed E-state index contributed by atoms with van der Waals surface area (Å²) >= 11 is 0. The van der Waals surface area contributed by atoms with Crippen molar-refractivity contribution in [2.24, 2.45) is 11.5 Å². The van der Waals surface area contributed by atoms with E-state index >= 15 is 0 Å². The summed E-state index contributed by atoms with van der Waals surface area (Å²) in [5, 5.41) is 7.37. The van der Waals surface area contributed by atoms with Crippen molar-refractivity contribution in [1.29, 1.82) is 0 Å². The number of carbonyl (C=O) groups excluding carboxylic acids is 5. The van der Waals surface area contributed by atoms with Crippen molar-refractivity contribution in [3.8, 4) is 0 Å². The molecule has 0 bridgehead atoms. The van der Waals surface area contributed by atoms with Crippen LogP contribution in [0, 0.1) is 0 Å². The maximum Gasteiger partial charge on any atom is 0.306 e. The van der Waals surface area contributed by atoms with E-state index in [4.69, 9.17) is 16.2 Å². The van der Waals surface area contributed by atoms with E-state index in [1.54, 1.807) is 51.1 Å². The Bertz CT molecular complexity index is 868. The summed E-state index contributed by atoms with van der Waals surface area (Å²) < 4.78 is 5.15. The summed E-state index contributed by atoms with van der Waals surface area (Å²) in [4.78, 5) is 59.8. The third-order valence-electron chi connectivity index (χ3n) is 4.59. The smallest absolute Gasteiger partial charge is 0.306 e. The SMILES string of the molecule is CC(=O)C(N)[C@@H](NC(=O)CNC(=O)CNC(=O)C(N)CCC(=O)OC(C)(C)C)c1ccccc1. The molecule has 188 valence electrons. The number of esters is 1. The van der Waals surface area contributed by atoms with Crippen molar-refractivity contribution in [2.75, 3.05) is 13.1 Å². The zero-order valence-corrected chi connectivity index (χ0v) is 20.1. The number of nitrogens with one attached hydrogen (secondary N) is 3. The number of amides is 3. The lowest BCUT2D eigenvalue weighted by Gasteiger charge is -2.24.